The highest BCUT2D eigenvalue weighted by Gasteiger charge is 2.20. The smallest absolute Gasteiger partial charge is 0.339 e. The van der Waals surface area contributed by atoms with Crippen molar-refractivity contribution in [1.29, 1.82) is 0 Å². The van der Waals surface area contributed by atoms with E-state index in [0.717, 1.165) is 22.1 Å². The van der Waals surface area contributed by atoms with Crippen molar-refractivity contribution < 1.29 is 24.2 Å². The second kappa shape index (κ2) is 5.74. The second-order valence-electron chi connectivity index (χ2n) is 6.11. The monoisotopic (exact) mass is 346 g/mol. The third-order valence-corrected chi connectivity index (χ3v) is 4.52. The molecule has 2 N–H and O–H groups in total. The normalized spacial score (nSPS) is 11.1. The number of aryl methyl sites for hydroxylation is 1. The molecule has 0 radical (unpaired) electrons. The van der Waals surface area contributed by atoms with Crippen molar-refractivity contribution in [1.82, 2.24) is 0 Å². The maximum absolute atomic E-state index is 11.6. The fourth-order valence-corrected chi connectivity index (χ4v) is 3.24. The van der Waals surface area contributed by atoms with Crippen LogP contribution in [0, 0.1) is 6.92 Å². The molecule has 0 amide bonds. The average Bonchev–Trinajstić information content (AvgIpc) is 3.02. The molecule has 1 heterocycles. The van der Waals surface area contributed by atoms with Crippen LogP contribution in [0.5, 0.6) is 0 Å². The molecule has 5 nitrogen and oxygen atoms in total. The highest BCUT2D eigenvalue weighted by Crippen LogP contribution is 2.39. The third-order valence-electron chi connectivity index (χ3n) is 4.52. The maximum atomic E-state index is 11.6. The van der Waals surface area contributed by atoms with Crippen LogP contribution in [0.15, 0.2) is 59.0 Å². The molecule has 0 aliphatic carbocycles. The first kappa shape index (κ1) is 15.9. The van der Waals surface area contributed by atoms with Crippen LogP contribution in [0.3, 0.4) is 0 Å². The fraction of sp³-hybridized carbons (Fsp3) is 0.0476. The van der Waals surface area contributed by atoms with E-state index in [1.807, 2.05) is 25.1 Å². The van der Waals surface area contributed by atoms with Gasteiger partial charge in [-0.2, -0.15) is 0 Å². The number of aromatic carboxylic acids is 2. The SMILES string of the molecule is Cc1cccc2c1oc1c(C(=O)O)ccc(-c3ccc(C(=O)O)cc3)c12. The minimum absolute atomic E-state index is 0.0986. The van der Waals surface area contributed by atoms with Gasteiger partial charge in [-0.15, -0.1) is 0 Å². The predicted molar refractivity (Wildman–Crippen MR) is 97.8 cm³/mol. The number of rotatable bonds is 3. The molecule has 0 saturated carbocycles. The lowest BCUT2D eigenvalue weighted by molar-refractivity contribution is 0.0686. The molecule has 128 valence electrons. The molecule has 0 bridgehead atoms. The zero-order chi connectivity index (χ0) is 18.4. The summed E-state index contributed by atoms with van der Waals surface area (Å²) >= 11 is 0. The Labute approximate surface area is 148 Å². The summed E-state index contributed by atoms with van der Waals surface area (Å²) in [6, 6.07) is 15.4. The topological polar surface area (TPSA) is 87.7 Å². The molecule has 0 atom stereocenters. The highest BCUT2D eigenvalue weighted by atomic mass is 16.4. The first-order valence-electron chi connectivity index (χ1n) is 7.99. The van der Waals surface area contributed by atoms with Crippen LogP contribution in [0.25, 0.3) is 33.1 Å². The van der Waals surface area contributed by atoms with Gasteiger partial charge in [-0.3, -0.25) is 0 Å². The predicted octanol–water partition coefficient (Wildman–Crippen LogP) is 4.96. The summed E-state index contributed by atoms with van der Waals surface area (Å²) < 4.78 is 5.92. The molecule has 0 saturated heterocycles. The standard InChI is InChI=1S/C21H14O5/c1-11-3-2-4-15-17-14(12-5-7-13(8-6-12)20(22)23)9-10-16(21(24)25)19(17)26-18(11)15/h2-10H,1H3,(H,22,23)(H,24,25). The molecule has 0 aliphatic heterocycles. The van der Waals surface area contributed by atoms with E-state index in [1.165, 1.54) is 18.2 Å². The summed E-state index contributed by atoms with van der Waals surface area (Å²) in [5, 5.41) is 20.1. The fourth-order valence-electron chi connectivity index (χ4n) is 3.24. The van der Waals surface area contributed by atoms with E-state index in [0.29, 0.717) is 16.6 Å². The lowest BCUT2D eigenvalue weighted by Gasteiger charge is -2.06. The number of carbonyl (C=O) groups is 2. The highest BCUT2D eigenvalue weighted by molar-refractivity contribution is 6.17. The van der Waals surface area contributed by atoms with E-state index in [9.17, 15) is 14.7 Å². The Morgan fingerprint density at radius 3 is 2.23 bits per heavy atom. The molecule has 1 aromatic heterocycles. The molecule has 3 aromatic carbocycles. The molecular formula is C21H14O5. The Balaban J connectivity index is 2.08. The van der Waals surface area contributed by atoms with Crippen LogP contribution in [-0.4, -0.2) is 22.2 Å². The first-order valence-corrected chi connectivity index (χ1v) is 7.99. The number of hydrogen-bond donors (Lipinski definition) is 2. The quantitative estimate of drug-likeness (QED) is 0.547. The number of carboxylic acids is 2. The van der Waals surface area contributed by atoms with Crippen LogP contribution >= 0.6 is 0 Å². The van der Waals surface area contributed by atoms with Gasteiger partial charge in [-0.1, -0.05) is 36.4 Å². The van der Waals surface area contributed by atoms with Gasteiger partial charge in [0, 0.05) is 10.8 Å². The van der Waals surface area contributed by atoms with Gasteiger partial charge < -0.3 is 14.6 Å². The second-order valence-corrected chi connectivity index (χ2v) is 6.11. The number of hydrogen-bond acceptors (Lipinski definition) is 3. The molecule has 0 fully saturated rings. The van der Waals surface area contributed by atoms with Gasteiger partial charge in [-0.05, 0) is 41.8 Å². The minimum atomic E-state index is -1.06. The molecule has 4 rings (SSSR count). The van der Waals surface area contributed by atoms with Crippen LogP contribution in [0.2, 0.25) is 0 Å². The molecule has 5 heteroatoms. The van der Waals surface area contributed by atoms with Crippen molar-refractivity contribution in [3.05, 3.63) is 71.3 Å². The van der Waals surface area contributed by atoms with E-state index in [-0.39, 0.29) is 11.1 Å². The van der Waals surface area contributed by atoms with Crippen molar-refractivity contribution in [3.63, 3.8) is 0 Å². The number of fused-ring (bicyclic) bond motifs is 3. The van der Waals surface area contributed by atoms with Crippen molar-refractivity contribution in [3.8, 4) is 11.1 Å². The van der Waals surface area contributed by atoms with Gasteiger partial charge in [0.1, 0.15) is 11.1 Å². The van der Waals surface area contributed by atoms with E-state index in [4.69, 9.17) is 9.52 Å². The Morgan fingerprint density at radius 1 is 0.846 bits per heavy atom. The molecule has 0 unspecified atom stereocenters. The number of furan rings is 1. The van der Waals surface area contributed by atoms with Gasteiger partial charge in [-0.25, -0.2) is 9.59 Å². The largest absolute Gasteiger partial charge is 0.478 e. The molecular weight excluding hydrogens is 332 g/mol. The van der Waals surface area contributed by atoms with Gasteiger partial charge >= 0.3 is 11.9 Å². The summed E-state index contributed by atoms with van der Waals surface area (Å²) in [5.74, 6) is -2.05. The summed E-state index contributed by atoms with van der Waals surface area (Å²) in [5.41, 5.74) is 3.78. The van der Waals surface area contributed by atoms with Gasteiger partial charge in [0.2, 0.25) is 0 Å². The van der Waals surface area contributed by atoms with E-state index >= 15 is 0 Å². The Kier molecular flexibility index (Phi) is 3.51. The molecule has 4 aromatic rings. The van der Waals surface area contributed by atoms with Crippen molar-refractivity contribution >= 4 is 33.9 Å². The van der Waals surface area contributed by atoms with E-state index < -0.39 is 11.9 Å². The van der Waals surface area contributed by atoms with Crippen LogP contribution in [0.4, 0.5) is 0 Å². The summed E-state index contributed by atoms with van der Waals surface area (Å²) in [6.07, 6.45) is 0. The first-order chi connectivity index (χ1) is 12.5. The number of benzene rings is 3. The third kappa shape index (κ3) is 2.33. The van der Waals surface area contributed by atoms with Crippen LogP contribution < -0.4 is 0 Å². The lowest BCUT2D eigenvalue weighted by atomic mass is 9.96. The lowest BCUT2D eigenvalue weighted by Crippen LogP contribution is -1.97. The van der Waals surface area contributed by atoms with Crippen molar-refractivity contribution in [2.24, 2.45) is 0 Å². The van der Waals surface area contributed by atoms with Crippen molar-refractivity contribution in [2.75, 3.05) is 0 Å². The summed E-state index contributed by atoms with van der Waals surface area (Å²) in [6.45, 7) is 1.91. The number of para-hydroxylation sites is 1. The Morgan fingerprint density at radius 2 is 1.58 bits per heavy atom. The van der Waals surface area contributed by atoms with Gasteiger partial charge in [0.05, 0.1) is 5.56 Å². The molecule has 26 heavy (non-hydrogen) atoms. The minimum Gasteiger partial charge on any atom is -0.478 e. The maximum Gasteiger partial charge on any atom is 0.339 e. The molecule has 0 spiro atoms. The van der Waals surface area contributed by atoms with Crippen molar-refractivity contribution in [2.45, 2.75) is 6.92 Å². The van der Waals surface area contributed by atoms with E-state index in [2.05, 4.69) is 0 Å². The van der Waals surface area contributed by atoms with Gasteiger partial charge in [0.15, 0.2) is 5.58 Å². The van der Waals surface area contributed by atoms with Gasteiger partial charge in [0.25, 0.3) is 0 Å². The van der Waals surface area contributed by atoms with Crippen LogP contribution in [-0.2, 0) is 0 Å². The number of carboxylic acid groups (broad SMARTS) is 2. The Bertz CT molecular complexity index is 1180. The van der Waals surface area contributed by atoms with E-state index in [1.54, 1.807) is 18.2 Å². The summed E-state index contributed by atoms with van der Waals surface area (Å²) in [7, 11) is 0. The van der Waals surface area contributed by atoms with Crippen LogP contribution in [0.1, 0.15) is 26.3 Å². The zero-order valence-electron chi connectivity index (χ0n) is 13.8. The summed E-state index contributed by atoms with van der Waals surface area (Å²) in [4.78, 5) is 22.7. The Hall–Kier alpha value is -3.60. The zero-order valence-corrected chi connectivity index (χ0v) is 13.8. The molecule has 0 aliphatic rings. The average molecular weight is 346 g/mol.